The summed E-state index contributed by atoms with van der Waals surface area (Å²) in [4.78, 5) is 23.7. The zero-order valence-corrected chi connectivity index (χ0v) is 8.03. The number of cyclic esters (lactones) is 1. The minimum atomic E-state index is -0.562. The van der Waals surface area contributed by atoms with E-state index in [2.05, 4.69) is 0 Å². The second-order valence-electron chi connectivity index (χ2n) is 3.54. The minimum absolute atomic E-state index is 0.259. The van der Waals surface area contributed by atoms with Crippen LogP contribution >= 0.6 is 0 Å². The Morgan fingerprint density at radius 2 is 2.23 bits per heavy atom. The summed E-state index contributed by atoms with van der Waals surface area (Å²) < 4.78 is 4.78. The van der Waals surface area contributed by atoms with Crippen molar-refractivity contribution in [3.8, 4) is 0 Å². The first kappa shape index (κ1) is 9.77. The quantitative estimate of drug-likeness (QED) is 0.576. The predicted octanol–water partition coefficient (Wildman–Crippen LogP) is 1.32. The Morgan fingerprint density at radius 1 is 1.62 bits per heavy atom. The summed E-state index contributed by atoms with van der Waals surface area (Å²) in [5, 5.41) is 0. The largest absolute Gasteiger partial charge is 0.447 e. The lowest BCUT2D eigenvalue weighted by Crippen LogP contribution is -2.45. The predicted molar refractivity (Wildman–Crippen MR) is 47.1 cm³/mol. The summed E-state index contributed by atoms with van der Waals surface area (Å²) in [7, 11) is 0. The molecule has 1 heterocycles. The van der Waals surface area contributed by atoms with Gasteiger partial charge in [-0.05, 0) is 26.8 Å². The molecule has 0 aromatic rings. The summed E-state index contributed by atoms with van der Waals surface area (Å²) in [5.74, 6) is -0.324. The zero-order chi connectivity index (χ0) is 10.1. The first-order valence-corrected chi connectivity index (χ1v) is 4.12. The fraction of sp³-hybridized carbons (Fsp3) is 0.556. The van der Waals surface area contributed by atoms with Gasteiger partial charge in [-0.15, -0.1) is 0 Å². The highest BCUT2D eigenvalue weighted by molar-refractivity contribution is 6.00. The number of hydrogen-bond donors (Lipinski definition) is 0. The van der Waals surface area contributed by atoms with Crippen molar-refractivity contribution < 1.29 is 14.3 Å². The van der Waals surface area contributed by atoms with Gasteiger partial charge in [0.1, 0.15) is 6.61 Å². The molecule has 0 aromatic heterocycles. The van der Waals surface area contributed by atoms with Gasteiger partial charge in [-0.3, -0.25) is 4.79 Å². The van der Waals surface area contributed by atoms with Gasteiger partial charge in [0, 0.05) is 0 Å². The molecule has 0 aliphatic carbocycles. The van der Waals surface area contributed by atoms with Crippen LogP contribution in [0, 0.1) is 0 Å². The van der Waals surface area contributed by atoms with E-state index < -0.39 is 11.6 Å². The van der Waals surface area contributed by atoms with Crippen LogP contribution in [0.3, 0.4) is 0 Å². The maximum atomic E-state index is 11.4. The van der Waals surface area contributed by atoms with Crippen LogP contribution in [0.15, 0.2) is 12.2 Å². The Bertz CT molecular complexity index is 268. The minimum Gasteiger partial charge on any atom is -0.447 e. The Kier molecular flexibility index (Phi) is 2.40. The molecular formula is C9H13NO3. The van der Waals surface area contributed by atoms with Crippen molar-refractivity contribution in [2.75, 3.05) is 6.61 Å². The van der Waals surface area contributed by atoms with E-state index >= 15 is 0 Å². The lowest BCUT2D eigenvalue weighted by atomic mass is 10.1. The molecule has 0 aromatic carbocycles. The third kappa shape index (κ3) is 1.71. The number of rotatable bonds is 1. The van der Waals surface area contributed by atoms with Crippen molar-refractivity contribution in [3.05, 3.63) is 12.2 Å². The normalized spacial score (nSPS) is 20.8. The van der Waals surface area contributed by atoms with E-state index in [0.29, 0.717) is 0 Å². The van der Waals surface area contributed by atoms with Gasteiger partial charge >= 0.3 is 6.09 Å². The molecule has 0 bridgehead atoms. The molecule has 0 atom stereocenters. The number of nitrogens with zero attached hydrogens (tertiary/aromatic N) is 1. The molecule has 0 N–H and O–H groups in total. The van der Waals surface area contributed by atoms with Crippen molar-refractivity contribution >= 4 is 12.0 Å². The molecule has 1 fully saturated rings. The summed E-state index contributed by atoms with van der Waals surface area (Å²) in [6.07, 6.45) is 2.39. The summed E-state index contributed by atoms with van der Waals surface area (Å²) in [6, 6.07) is 0. The van der Waals surface area contributed by atoms with Gasteiger partial charge in [0.25, 0.3) is 5.91 Å². The van der Waals surface area contributed by atoms with Gasteiger partial charge in [0.15, 0.2) is 0 Å². The number of ether oxygens (including phenoxy) is 1. The highest BCUT2D eigenvalue weighted by Crippen LogP contribution is 2.23. The van der Waals surface area contributed by atoms with Crippen LogP contribution in [-0.4, -0.2) is 29.0 Å². The molecule has 0 radical (unpaired) electrons. The van der Waals surface area contributed by atoms with E-state index in [1.165, 1.54) is 6.08 Å². The van der Waals surface area contributed by atoms with Crippen molar-refractivity contribution in [2.45, 2.75) is 26.3 Å². The first-order chi connectivity index (χ1) is 5.99. The van der Waals surface area contributed by atoms with E-state index in [-0.39, 0.29) is 12.5 Å². The van der Waals surface area contributed by atoms with Crippen LogP contribution < -0.4 is 0 Å². The maximum absolute atomic E-state index is 11.4. The second kappa shape index (κ2) is 3.20. The summed E-state index contributed by atoms with van der Waals surface area (Å²) in [5.41, 5.74) is -0.534. The highest BCUT2D eigenvalue weighted by atomic mass is 16.6. The lowest BCUT2D eigenvalue weighted by Gasteiger charge is -2.24. The van der Waals surface area contributed by atoms with Crippen molar-refractivity contribution in [1.29, 1.82) is 0 Å². The topological polar surface area (TPSA) is 46.6 Å². The number of imide groups is 1. The standard InChI is InChI=1S/C9H13NO3/c1-4-5-7(11)10-8(12)13-6-9(10,2)3/h4-5H,6H2,1-3H3/b5-4+. The number of allylic oxidation sites excluding steroid dienone is 1. The van der Waals surface area contributed by atoms with Crippen molar-refractivity contribution in [2.24, 2.45) is 0 Å². The van der Waals surface area contributed by atoms with Crippen LogP contribution in [0.25, 0.3) is 0 Å². The Hall–Kier alpha value is -1.32. The Morgan fingerprint density at radius 3 is 2.62 bits per heavy atom. The molecule has 2 amide bonds. The van der Waals surface area contributed by atoms with Crippen LogP contribution in [-0.2, 0) is 9.53 Å². The average Bonchev–Trinajstić information content (AvgIpc) is 2.26. The number of carbonyl (C=O) groups is 2. The van der Waals surface area contributed by atoms with Crippen LogP contribution in [0.5, 0.6) is 0 Å². The molecule has 72 valence electrons. The Labute approximate surface area is 77.2 Å². The zero-order valence-electron chi connectivity index (χ0n) is 8.03. The molecule has 13 heavy (non-hydrogen) atoms. The van der Waals surface area contributed by atoms with E-state index in [0.717, 1.165) is 4.90 Å². The van der Waals surface area contributed by atoms with Gasteiger partial charge in [-0.25, -0.2) is 9.69 Å². The average molecular weight is 183 g/mol. The molecule has 4 heteroatoms. The van der Waals surface area contributed by atoms with E-state index in [9.17, 15) is 9.59 Å². The SMILES string of the molecule is C/C=C/C(=O)N1C(=O)OCC1(C)C. The fourth-order valence-electron chi connectivity index (χ4n) is 1.22. The summed E-state index contributed by atoms with van der Waals surface area (Å²) >= 11 is 0. The second-order valence-corrected chi connectivity index (χ2v) is 3.54. The molecular weight excluding hydrogens is 170 g/mol. The van der Waals surface area contributed by atoms with Gasteiger partial charge in [-0.1, -0.05) is 6.08 Å². The third-order valence-corrected chi connectivity index (χ3v) is 1.87. The van der Waals surface area contributed by atoms with E-state index in [1.54, 1.807) is 26.8 Å². The molecule has 4 nitrogen and oxygen atoms in total. The van der Waals surface area contributed by atoms with Crippen molar-refractivity contribution in [1.82, 2.24) is 4.90 Å². The molecule has 0 saturated carbocycles. The molecule has 1 aliphatic heterocycles. The van der Waals surface area contributed by atoms with Crippen LogP contribution in [0.4, 0.5) is 4.79 Å². The van der Waals surface area contributed by atoms with Gasteiger partial charge < -0.3 is 4.74 Å². The van der Waals surface area contributed by atoms with Crippen molar-refractivity contribution in [3.63, 3.8) is 0 Å². The molecule has 0 spiro atoms. The van der Waals surface area contributed by atoms with E-state index in [4.69, 9.17) is 4.74 Å². The smallest absolute Gasteiger partial charge is 0.417 e. The lowest BCUT2D eigenvalue weighted by molar-refractivity contribution is -0.125. The molecule has 0 unspecified atom stereocenters. The maximum Gasteiger partial charge on any atom is 0.417 e. The molecule has 1 saturated heterocycles. The van der Waals surface area contributed by atoms with Gasteiger partial charge in [0.05, 0.1) is 5.54 Å². The molecule has 1 rings (SSSR count). The monoisotopic (exact) mass is 183 g/mol. The number of carbonyl (C=O) groups excluding carboxylic acids is 2. The fourth-order valence-corrected chi connectivity index (χ4v) is 1.22. The number of hydrogen-bond acceptors (Lipinski definition) is 3. The molecule has 1 aliphatic rings. The third-order valence-electron chi connectivity index (χ3n) is 1.87. The Balaban J connectivity index is 2.88. The number of amides is 2. The van der Waals surface area contributed by atoms with Gasteiger partial charge in [-0.2, -0.15) is 0 Å². The van der Waals surface area contributed by atoms with E-state index in [1.807, 2.05) is 0 Å². The van der Waals surface area contributed by atoms with Crippen LogP contribution in [0.1, 0.15) is 20.8 Å². The summed E-state index contributed by atoms with van der Waals surface area (Å²) in [6.45, 7) is 5.57. The van der Waals surface area contributed by atoms with Crippen LogP contribution in [0.2, 0.25) is 0 Å². The highest BCUT2D eigenvalue weighted by Gasteiger charge is 2.43. The first-order valence-electron chi connectivity index (χ1n) is 4.12. The van der Waals surface area contributed by atoms with Gasteiger partial charge in [0.2, 0.25) is 0 Å².